The van der Waals surface area contributed by atoms with E-state index in [0.29, 0.717) is 11.7 Å². The summed E-state index contributed by atoms with van der Waals surface area (Å²) >= 11 is 0. The van der Waals surface area contributed by atoms with Crippen molar-refractivity contribution >= 4 is 17.5 Å². The number of carbonyl (C=O) groups is 1. The first-order valence-corrected chi connectivity index (χ1v) is 8.99. The normalized spacial score (nSPS) is 14.8. The number of hydrogen-bond acceptors (Lipinski definition) is 4. The van der Waals surface area contributed by atoms with Crippen LogP contribution in [-0.2, 0) is 4.74 Å². The van der Waals surface area contributed by atoms with Crippen LogP contribution < -0.4 is 10.2 Å². The summed E-state index contributed by atoms with van der Waals surface area (Å²) in [5, 5.41) is 2.87. The van der Waals surface area contributed by atoms with Crippen molar-refractivity contribution in [3.05, 3.63) is 47.9 Å². The highest BCUT2D eigenvalue weighted by molar-refractivity contribution is 5.86. The molecule has 2 aromatic rings. The quantitative estimate of drug-likeness (QED) is 0.757. The second-order valence-electron chi connectivity index (χ2n) is 6.48. The van der Waals surface area contributed by atoms with E-state index in [1.165, 1.54) is 0 Å². The number of rotatable bonds is 7. The number of carbonyl (C=O) groups excluding carboxylic acids is 1. The molecule has 1 amide bonds. The average molecular weight is 342 g/mol. The van der Waals surface area contributed by atoms with Crippen LogP contribution in [-0.4, -0.2) is 19.2 Å². The first kappa shape index (κ1) is 17.4. The third kappa shape index (κ3) is 4.16. The van der Waals surface area contributed by atoms with E-state index in [4.69, 9.17) is 9.15 Å². The van der Waals surface area contributed by atoms with Gasteiger partial charge in [0.1, 0.15) is 5.76 Å². The topological polar surface area (TPSA) is 54.7 Å². The Morgan fingerprint density at radius 1 is 1.32 bits per heavy atom. The number of amides is 1. The molecule has 1 aromatic carbocycles. The van der Waals surface area contributed by atoms with Gasteiger partial charge in [0.2, 0.25) is 0 Å². The van der Waals surface area contributed by atoms with Gasteiger partial charge in [-0.2, -0.15) is 0 Å². The van der Waals surface area contributed by atoms with E-state index in [1.807, 2.05) is 31.2 Å². The molecule has 5 heteroatoms. The predicted molar refractivity (Wildman–Crippen MR) is 99.0 cm³/mol. The Morgan fingerprint density at radius 2 is 2.08 bits per heavy atom. The fraction of sp³-hybridized carbons (Fsp3) is 0.450. The molecule has 1 N–H and O–H groups in total. The van der Waals surface area contributed by atoms with Crippen LogP contribution in [0.4, 0.5) is 16.2 Å². The van der Waals surface area contributed by atoms with E-state index in [0.717, 1.165) is 42.9 Å². The zero-order valence-electron chi connectivity index (χ0n) is 15.1. The van der Waals surface area contributed by atoms with Gasteiger partial charge in [0.15, 0.2) is 6.10 Å². The van der Waals surface area contributed by atoms with E-state index in [9.17, 15) is 4.79 Å². The lowest BCUT2D eigenvalue weighted by Crippen LogP contribution is -2.22. The van der Waals surface area contributed by atoms with Gasteiger partial charge in [-0.25, -0.2) is 4.79 Å². The standard InChI is InChI=1S/C20H26N2O3/c1-4-22(5-2)16-10-11-17(14(3)13-16)21-20(23)25-19(15-8-9-15)18-7-6-12-24-18/h6-7,10-13,15,19H,4-5,8-9H2,1-3H3,(H,21,23). The second-order valence-corrected chi connectivity index (χ2v) is 6.48. The van der Waals surface area contributed by atoms with Crippen molar-refractivity contribution in [1.82, 2.24) is 0 Å². The Bertz CT molecular complexity index is 704. The summed E-state index contributed by atoms with van der Waals surface area (Å²) in [6.07, 6.45) is 3.01. The third-order valence-electron chi connectivity index (χ3n) is 4.68. The second kappa shape index (κ2) is 7.64. The molecule has 0 bridgehead atoms. The van der Waals surface area contributed by atoms with Gasteiger partial charge >= 0.3 is 6.09 Å². The molecule has 1 aliphatic carbocycles. The molecular formula is C20H26N2O3. The molecule has 1 saturated carbocycles. The fourth-order valence-electron chi connectivity index (χ4n) is 3.07. The minimum atomic E-state index is -0.438. The van der Waals surface area contributed by atoms with Crippen LogP contribution in [0, 0.1) is 12.8 Å². The van der Waals surface area contributed by atoms with Crippen LogP contribution in [0.1, 0.15) is 44.1 Å². The van der Waals surface area contributed by atoms with Crippen molar-refractivity contribution in [2.75, 3.05) is 23.3 Å². The highest BCUT2D eigenvalue weighted by Gasteiger charge is 2.37. The molecule has 25 heavy (non-hydrogen) atoms. The highest BCUT2D eigenvalue weighted by Crippen LogP contribution is 2.43. The molecule has 3 rings (SSSR count). The van der Waals surface area contributed by atoms with Gasteiger partial charge in [-0.3, -0.25) is 5.32 Å². The summed E-state index contributed by atoms with van der Waals surface area (Å²) in [4.78, 5) is 14.6. The number of aryl methyl sites for hydroxylation is 1. The number of anilines is 2. The van der Waals surface area contributed by atoms with Crippen LogP contribution in [0.25, 0.3) is 0 Å². The smallest absolute Gasteiger partial charge is 0.412 e. The molecule has 1 aliphatic rings. The minimum Gasteiger partial charge on any atom is -0.465 e. The first-order valence-electron chi connectivity index (χ1n) is 8.99. The lowest BCUT2D eigenvalue weighted by Gasteiger charge is -2.22. The lowest BCUT2D eigenvalue weighted by atomic mass is 10.1. The van der Waals surface area contributed by atoms with Gasteiger partial charge in [-0.15, -0.1) is 0 Å². The molecule has 1 heterocycles. The summed E-state index contributed by atoms with van der Waals surface area (Å²) < 4.78 is 11.1. The van der Waals surface area contributed by atoms with Gasteiger partial charge in [-0.1, -0.05) is 0 Å². The molecule has 1 fully saturated rings. The van der Waals surface area contributed by atoms with Crippen LogP contribution in [0.15, 0.2) is 41.0 Å². The Labute approximate surface area is 149 Å². The van der Waals surface area contributed by atoms with E-state index in [1.54, 1.807) is 6.26 Å². The van der Waals surface area contributed by atoms with E-state index >= 15 is 0 Å². The van der Waals surface area contributed by atoms with E-state index in [2.05, 4.69) is 30.1 Å². The van der Waals surface area contributed by atoms with Crippen molar-refractivity contribution in [1.29, 1.82) is 0 Å². The van der Waals surface area contributed by atoms with Crippen molar-refractivity contribution in [3.8, 4) is 0 Å². The minimum absolute atomic E-state index is 0.301. The third-order valence-corrected chi connectivity index (χ3v) is 4.68. The monoisotopic (exact) mass is 342 g/mol. The van der Waals surface area contributed by atoms with Gasteiger partial charge < -0.3 is 14.1 Å². The van der Waals surface area contributed by atoms with Crippen molar-refractivity contribution in [2.24, 2.45) is 5.92 Å². The first-order chi connectivity index (χ1) is 12.1. The number of ether oxygens (including phenoxy) is 1. The zero-order valence-corrected chi connectivity index (χ0v) is 15.1. The van der Waals surface area contributed by atoms with Crippen molar-refractivity contribution in [3.63, 3.8) is 0 Å². The maximum atomic E-state index is 12.3. The maximum absolute atomic E-state index is 12.3. The SMILES string of the molecule is CCN(CC)c1ccc(NC(=O)OC(c2ccco2)C2CC2)c(C)c1. The lowest BCUT2D eigenvalue weighted by molar-refractivity contribution is 0.0829. The maximum Gasteiger partial charge on any atom is 0.412 e. The molecule has 1 atom stereocenters. The van der Waals surface area contributed by atoms with Crippen LogP contribution >= 0.6 is 0 Å². The van der Waals surface area contributed by atoms with Crippen LogP contribution in [0.3, 0.4) is 0 Å². The molecular weight excluding hydrogens is 316 g/mol. The number of furan rings is 1. The number of hydrogen-bond donors (Lipinski definition) is 1. The van der Waals surface area contributed by atoms with Crippen LogP contribution in [0.2, 0.25) is 0 Å². The van der Waals surface area contributed by atoms with Crippen LogP contribution in [0.5, 0.6) is 0 Å². The molecule has 1 unspecified atom stereocenters. The van der Waals surface area contributed by atoms with Crippen molar-refractivity contribution in [2.45, 2.75) is 39.7 Å². The molecule has 0 saturated heterocycles. The summed E-state index contributed by atoms with van der Waals surface area (Å²) in [7, 11) is 0. The molecule has 1 aromatic heterocycles. The Morgan fingerprint density at radius 3 is 2.64 bits per heavy atom. The number of nitrogens with zero attached hydrogens (tertiary/aromatic N) is 1. The Balaban J connectivity index is 1.66. The summed E-state index contributed by atoms with van der Waals surface area (Å²) in [5.41, 5.74) is 2.95. The Hall–Kier alpha value is -2.43. The molecule has 0 aliphatic heterocycles. The summed E-state index contributed by atoms with van der Waals surface area (Å²) in [6, 6.07) is 9.74. The largest absolute Gasteiger partial charge is 0.465 e. The number of nitrogens with one attached hydrogen (secondary N) is 1. The fourth-order valence-corrected chi connectivity index (χ4v) is 3.07. The van der Waals surface area contributed by atoms with Gasteiger partial charge in [0, 0.05) is 30.4 Å². The molecule has 0 spiro atoms. The molecule has 134 valence electrons. The highest BCUT2D eigenvalue weighted by atomic mass is 16.6. The predicted octanol–water partition coefficient (Wildman–Crippen LogP) is 5.13. The summed E-state index contributed by atoms with van der Waals surface area (Å²) in [6.45, 7) is 8.17. The molecule has 5 nitrogen and oxygen atoms in total. The average Bonchev–Trinajstić information content (AvgIpc) is 3.30. The number of benzene rings is 1. The Kier molecular flexibility index (Phi) is 5.31. The molecule has 0 radical (unpaired) electrons. The zero-order chi connectivity index (χ0) is 17.8. The van der Waals surface area contributed by atoms with Crippen molar-refractivity contribution < 1.29 is 13.9 Å². The summed E-state index contributed by atoms with van der Waals surface area (Å²) in [5.74, 6) is 1.08. The van der Waals surface area contributed by atoms with Gasteiger partial charge in [0.25, 0.3) is 0 Å². The van der Waals surface area contributed by atoms with E-state index in [-0.39, 0.29) is 6.10 Å². The van der Waals surface area contributed by atoms with E-state index < -0.39 is 6.09 Å². The van der Waals surface area contributed by atoms with Gasteiger partial charge in [-0.05, 0) is 69.5 Å². The van der Waals surface area contributed by atoms with Gasteiger partial charge in [0.05, 0.1) is 6.26 Å².